The van der Waals surface area contributed by atoms with Crippen LogP contribution >= 0.6 is 23.2 Å². The first-order valence-corrected chi connectivity index (χ1v) is 6.77. The third-order valence-corrected chi connectivity index (χ3v) is 3.45. The molecular formula is C14H12Cl2N2O3. The maximum Gasteiger partial charge on any atom is 0.275 e. The van der Waals surface area contributed by atoms with Crippen LogP contribution in [0.15, 0.2) is 36.4 Å². The third-order valence-electron chi connectivity index (χ3n) is 2.89. The Kier molecular flexibility index (Phi) is 4.88. The number of nitro benzene ring substituents is 1. The van der Waals surface area contributed by atoms with Crippen LogP contribution in [0.5, 0.6) is 5.75 Å². The number of methoxy groups -OCH3 is 1. The maximum absolute atomic E-state index is 11.0. The molecule has 0 aliphatic carbocycles. The zero-order valence-electron chi connectivity index (χ0n) is 11.1. The molecule has 2 aromatic rings. The summed E-state index contributed by atoms with van der Waals surface area (Å²) >= 11 is 11.9. The van der Waals surface area contributed by atoms with Crippen molar-refractivity contribution < 1.29 is 9.66 Å². The minimum absolute atomic E-state index is 0.0333. The molecular weight excluding hydrogens is 315 g/mol. The Hall–Kier alpha value is -1.98. The molecule has 0 unspecified atom stereocenters. The van der Waals surface area contributed by atoms with Gasteiger partial charge in [-0.15, -0.1) is 0 Å². The Labute approximate surface area is 131 Å². The molecule has 5 nitrogen and oxygen atoms in total. The van der Waals surface area contributed by atoms with Gasteiger partial charge in [0.15, 0.2) is 0 Å². The van der Waals surface area contributed by atoms with Crippen molar-refractivity contribution in [3.63, 3.8) is 0 Å². The molecule has 0 aliphatic heterocycles. The monoisotopic (exact) mass is 326 g/mol. The normalized spacial score (nSPS) is 10.2. The third kappa shape index (κ3) is 3.77. The Morgan fingerprint density at radius 1 is 1.24 bits per heavy atom. The molecule has 0 radical (unpaired) electrons. The van der Waals surface area contributed by atoms with Crippen molar-refractivity contribution in [2.75, 3.05) is 12.4 Å². The van der Waals surface area contributed by atoms with Crippen molar-refractivity contribution in [2.24, 2.45) is 0 Å². The van der Waals surface area contributed by atoms with E-state index in [4.69, 9.17) is 27.9 Å². The lowest BCUT2D eigenvalue weighted by atomic mass is 10.1. The van der Waals surface area contributed by atoms with Crippen LogP contribution in [-0.2, 0) is 6.54 Å². The number of nitro groups is 1. The van der Waals surface area contributed by atoms with E-state index in [1.807, 2.05) is 0 Å². The second-order valence-corrected chi connectivity index (χ2v) is 5.07. The second-order valence-electron chi connectivity index (χ2n) is 4.23. The van der Waals surface area contributed by atoms with Crippen molar-refractivity contribution in [2.45, 2.75) is 6.54 Å². The van der Waals surface area contributed by atoms with E-state index in [1.54, 1.807) is 37.4 Å². The van der Waals surface area contributed by atoms with Gasteiger partial charge in [0.05, 0.1) is 22.7 Å². The van der Waals surface area contributed by atoms with Crippen molar-refractivity contribution in [1.29, 1.82) is 0 Å². The maximum atomic E-state index is 11.0. The topological polar surface area (TPSA) is 64.4 Å². The van der Waals surface area contributed by atoms with Crippen molar-refractivity contribution >= 4 is 34.6 Å². The van der Waals surface area contributed by atoms with E-state index in [0.717, 1.165) is 0 Å². The average molecular weight is 327 g/mol. The van der Waals surface area contributed by atoms with E-state index in [-0.39, 0.29) is 12.2 Å². The number of ether oxygens (including phenoxy) is 1. The standard InChI is InChI=1S/C14H12Cl2N2O3/c1-21-11-4-5-12(16)13(7-11)17-8-9-2-3-10(15)6-14(9)18(19)20/h2-7,17H,8H2,1H3. The van der Waals surface area contributed by atoms with Gasteiger partial charge in [-0.1, -0.05) is 23.2 Å². The summed E-state index contributed by atoms with van der Waals surface area (Å²) in [6.45, 7) is 0.250. The van der Waals surface area contributed by atoms with E-state index in [2.05, 4.69) is 5.32 Å². The smallest absolute Gasteiger partial charge is 0.275 e. The highest BCUT2D eigenvalue weighted by Gasteiger charge is 2.14. The molecule has 0 saturated heterocycles. The Bertz CT molecular complexity index is 677. The lowest BCUT2D eigenvalue weighted by molar-refractivity contribution is -0.385. The van der Waals surface area contributed by atoms with E-state index in [1.165, 1.54) is 6.07 Å². The molecule has 21 heavy (non-hydrogen) atoms. The molecule has 0 bridgehead atoms. The summed E-state index contributed by atoms with van der Waals surface area (Å²) in [6, 6.07) is 9.70. The molecule has 0 aromatic heterocycles. The lowest BCUT2D eigenvalue weighted by Crippen LogP contribution is -2.03. The Morgan fingerprint density at radius 2 is 2.00 bits per heavy atom. The number of rotatable bonds is 5. The highest BCUT2D eigenvalue weighted by molar-refractivity contribution is 6.33. The molecule has 7 heteroatoms. The average Bonchev–Trinajstić information content (AvgIpc) is 2.47. The van der Waals surface area contributed by atoms with Gasteiger partial charge in [0, 0.05) is 29.3 Å². The van der Waals surface area contributed by atoms with Crippen LogP contribution in [0.1, 0.15) is 5.56 Å². The summed E-state index contributed by atoms with van der Waals surface area (Å²) in [6.07, 6.45) is 0. The van der Waals surface area contributed by atoms with Crippen molar-refractivity contribution in [3.05, 3.63) is 62.1 Å². The second kappa shape index (κ2) is 6.65. The largest absolute Gasteiger partial charge is 0.497 e. The quantitative estimate of drug-likeness (QED) is 0.648. The van der Waals surface area contributed by atoms with Crippen LogP contribution in [-0.4, -0.2) is 12.0 Å². The van der Waals surface area contributed by atoms with Gasteiger partial charge in [-0.2, -0.15) is 0 Å². The van der Waals surface area contributed by atoms with E-state index >= 15 is 0 Å². The summed E-state index contributed by atoms with van der Waals surface area (Å²) in [7, 11) is 1.55. The number of benzene rings is 2. The van der Waals surface area contributed by atoms with Gasteiger partial charge >= 0.3 is 0 Å². The number of hydrogen-bond donors (Lipinski definition) is 1. The van der Waals surface area contributed by atoms with Gasteiger partial charge in [0.25, 0.3) is 5.69 Å². The number of halogens is 2. The Morgan fingerprint density at radius 3 is 2.67 bits per heavy atom. The molecule has 0 fully saturated rings. The fraction of sp³-hybridized carbons (Fsp3) is 0.143. The number of nitrogens with one attached hydrogen (secondary N) is 1. The van der Waals surface area contributed by atoms with E-state index < -0.39 is 4.92 Å². The first kappa shape index (κ1) is 15.4. The van der Waals surface area contributed by atoms with Crippen LogP contribution in [0.4, 0.5) is 11.4 Å². The SMILES string of the molecule is COc1ccc(Cl)c(NCc2ccc(Cl)cc2[N+](=O)[O-])c1. The summed E-state index contributed by atoms with van der Waals surface area (Å²) in [4.78, 5) is 10.6. The summed E-state index contributed by atoms with van der Waals surface area (Å²) < 4.78 is 5.12. The first-order valence-electron chi connectivity index (χ1n) is 6.01. The summed E-state index contributed by atoms with van der Waals surface area (Å²) in [5.41, 5.74) is 1.12. The van der Waals surface area contributed by atoms with Crippen LogP contribution < -0.4 is 10.1 Å². The van der Waals surface area contributed by atoms with Crippen LogP contribution in [0.2, 0.25) is 10.0 Å². The number of nitrogens with zero attached hydrogens (tertiary/aromatic N) is 1. The van der Waals surface area contributed by atoms with Gasteiger partial charge < -0.3 is 10.1 Å². The zero-order chi connectivity index (χ0) is 15.4. The van der Waals surface area contributed by atoms with Crippen LogP contribution in [0.3, 0.4) is 0 Å². The molecule has 1 N–H and O–H groups in total. The highest BCUT2D eigenvalue weighted by atomic mass is 35.5. The molecule has 0 aliphatic rings. The predicted octanol–water partition coefficient (Wildman–Crippen LogP) is 4.52. The number of anilines is 1. The molecule has 2 rings (SSSR count). The highest BCUT2D eigenvalue weighted by Crippen LogP contribution is 2.29. The van der Waals surface area contributed by atoms with Gasteiger partial charge in [0.2, 0.25) is 0 Å². The molecule has 0 saturated carbocycles. The van der Waals surface area contributed by atoms with Gasteiger partial charge in [-0.3, -0.25) is 10.1 Å². The molecule has 0 amide bonds. The van der Waals surface area contributed by atoms with E-state index in [9.17, 15) is 10.1 Å². The molecule has 2 aromatic carbocycles. The van der Waals surface area contributed by atoms with E-state index in [0.29, 0.717) is 27.0 Å². The van der Waals surface area contributed by atoms with Gasteiger partial charge in [-0.25, -0.2) is 0 Å². The fourth-order valence-electron chi connectivity index (χ4n) is 1.81. The van der Waals surface area contributed by atoms with Gasteiger partial charge in [0.1, 0.15) is 5.75 Å². The predicted molar refractivity (Wildman–Crippen MR) is 83.4 cm³/mol. The zero-order valence-corrected chi connectivity index (χ0v) is 12.6. The molecule has 110 valence electrons. The summed E-state index contributed by atoms with van der Waals surface area (Å²) in [5.74, 6) is 0.646. The minimum atomic E-state index is -0.462. The van der Waals surface area contributed by atoms with Crippen molar-refractivity contribution in [3.8, 4) is 5.75 Å². The number of hydrogen-bond acceptors (Lipinski definition) is 4. The van der Waals surface area contributed by atoms with Crippen LogP contribution in [0.25, 0.3) is 0 Å². The van der Waals surface area contributed by atoms with Crippen molar-refractivity contribution in [1.82, 2.24) is 0 Å². The molecule has 0 spiro atoms. The minimum Gasteiger partial charge on any atom is -0.497 e. The molecule has 0 atom stereocenters. The molecule has 0 heterocycles. The van der Waals surface area contributed by atoms with Gasteiger partial charge in [-0.05, 0) is 24.3 Å². The summed E-state index contributed by atoms with van der Waals surface area (Å²) in [5, 5.41) is 14.9. The first-order chi connectivity index (χ1) is 10.0. The van der Waals surface area contributed by atoms with Crippen LogP contribution in [0, 0.1) is 10.1 Å². The Balaban J connectivity index is 2.22. The fourth-order valence-corrected chi connectivity index (χ4v) is 2.16. The lowest BCUT2D eigenvalue weighted by Gasteiger charge is -2.10.